The highest BCUT2D eigenvalue weighted by molar-refractivity contribution is 7.16. The maximum absolute atomic E-state index is 13.4. The minimum Gasteiger partial charge on any atom is -0.477 e. The Morgan fingerprint density at radius 3 is 2.08 bits per heavy atom. The highest BCUT2D eigenvalue weighted by Crippen LogP contribution is 2.39. The second kappa shape index (κ2) is 7.60. The Bertz CT molecular complexity index is 910. The molecule has 138 valence electrons. The molecule has 0 radical (unpaired) electrons. The molecule has 3 nitrogen and oxygen atoms in total. The summed E-state index contributed by atoms with van der Waals surface area (Å²) in [7, 11) is 0. The maximum Gasteiger partial charge on any atom is 0.417 e. The molecule has 0 aliphatic rings. The molecule has 0 saturated heterocycles. The van der Waals surface area contributed by atoms with Crippen LogP contribution >= 0.6 is 46.1 Å². The lowest BCUT2D eigenvalue weighted by molar-refractivity contribution is -0.0689. The van der Waals surface area contributed by atoms with Crippen molar-refractivity contribution in [2.75, 3.05) is 0 Å². The molecule has 0 amide bonds. The summed E-state index contributed by atoms with van der Waals surface area (Å²) in [6.07, 6.45) is -4.50. The summed E-state index contributed by atoms with van der Waals surface area (Å²) in [6, 6.07) is 3.12. The first-order valence-electron chi connectivity index (χ1n) is 6.73. The predicted octanol–water partition coefficient (Wildman–Crippen LogP) is 6.54. The van der Waals surface area contributed by atoms with Gasteiger partial charge in [0.2, 0.25) is 0 Å². The van der Waals surface area contributed by atoms with Crippen LogP contribution < -0.4 is 0 Å². The summed E-state index contributed by atoms with van der Waals surface area (Å²) < 4.78 is 40.3. The number of aryl methyl sites for hydroxylation is 1. The molecule has 26 heavy (non-hydrogen) atoms. The third kappa shape index (κ3) is 4.40. The van der Waals surface area contributed by atoms with Crippen molar-refractivity contribution in [3.05, 3.63) is 60.2 Å². The van der Waals surface area contributed by atoms with E-state index >= 15 is 0 Å². The van der Waals surface area contributed by atoms with Crippen LogP contribution in [0.15, 0.2) is 24.3 Å². The lowest BCUT2D eigenvalue weighted by Gasteiger charge is -2.13. The van der Waals surface area contributed by atoms with E-state index in [0.717, 1.165) is 12.1 Å². The van der Waals surface area contributed by atoms with Gasteiger partial charge in [-0.15, -0.1) is 11.3 Å². The van der Waals surface area contributed by atoms with Crippen molar-refractivity contribution in [3.63, 3.8) is 0 Å². The molecule has 1 aromatic heterocycles. The Hall–Kier alpha value is -1.54. The van der Waals surface area contributed by atoms with E-state index in [4.69, 9.17) is 39.9 Å². The number of rotatable bonds is 4. The SMILES string of the molecule is Cc1cc(C(=O)/C=C(\c2cc(Cl)c(Cl)c(Cl)c2)C(F)(F)F)sc1C(=O)O. The maximum atomic E-state index is 13.4. The van der Waals surface area contributed by atoms with E-state index in [-0.39, 0.29) is 30.4 Å². The van der Waals surface area contributed by atoms with Crippen LogP contribution in [0.25, 0.3) is 5.57 Å². The third-order valence-electron chi connectivity index (χ3n) is 3.23. The molecule has 0 aliphatic carbocycles. The molecule has 0 bridgehead atoms. The van der Waals surface area contributed by atoms with Crippen LogP contribution in [0.4, 0.5) is 13.2 Å². The summed E-state index contributed by atoms with van der Waals surface area (Å²) in [4.78, 5) is 23.0. The number of halogens is 6. The summed E-state index contributed by atoms with van der Waals surface area (Å²) in [5.41, 5.74) is -1.42. The average molecular weight is 444 g/mol. The van der Waals surface area contributed by atoms with E-state index in [1.54, 1.807) is 0 Å². The van der Waals surface area contributed by atoms with E-state index < -0.39 is 29.1 Å². The molecule has 1 aromatic carbocycles. The minimum atomic E-state index is -4.88. The number of ketones is 1. The smallest absolute Gasteiger partial charge is 0.417 e. The lowest BCUT2D eigenvalue weighted by Crippen LogP contribution is -2.12. The lowest BCUT2D eigenvalue weighted by atomic mass is 10.0. The standard InChI is InChI=1S/C16H8Cl3F3O3S/c1-6-2-12(26-14(6)15(24)25)11(23)5-8(16(20,21)22)7-3-9(17)13(19)10(18)4-7/h2-5H,1H3,(H,24,25)/b8-5+. The molecule has 0 fully saturated rings. The van der Waals surface area contributed by atoms with Crippen molar-refractivity contribution in [1.82, 2.24) is 0 Å². The van der Waals surface area contributed by atoms with Crippen LogP contribution in [0.1, 0.15) is 30.5 Å². The Morgan fingerprint density at radius 1 is 1.12 bits per heavy atom. The van der Waals surface area contributed by atoms with Crippen molar-refractivity contribution in [1.29, 1.82) is 0 Å². The van der Waals surface area contributed by atoms with Gasteiger partial charge >= 0.3 is 12.1 Å². The van der Waals surface area contributed by atoms with Gasteiger partial charge in [0.1, 0.15) is 4.88 Å². The Morgan fingerprint density at radius 2 is 1.65 bits per heavy atom. The van der Waals surface area contributed by atoms with Gasteiger partial charge in [0, 0.05) is 0 Å². The van der Waals surface area contributed by atoms with Gasteiger partial charge in [-0.2, -0.15) is 13.2 Å². The zero-order valence-electron chi connectivity index (χ0n) is 12.7. The van der Waals surface area contributed by atoms with Gasteiger partial charge in [-0.05, 0) is 42.3 Å². The number of hydrogen-bond acceptors (Lipinski definition) is 3. The third-order valence-corrected chi connectivity index (χ3v) is 5.67. The van der Waals surface area contributed by atoms with E-state index in [2.05, 4.69) is 0 Å². The first kappa shape index (κ1) is 20.8. The largest absolute Gasteiger partial charge is 0.477 e. The molecular weight excluding hydrogens is 436 g/mol. The average Bonchev–Trinajstić information content (AvgIpc) is 2.90. The van der Waals surface area contributed by atoms with E-state index in [1.165, 1.54) is 13.0 Å². The summed E-state index contributed by atoms with van der Waals surface area (Å²) in [5, 5.41) is 8.50. The molecular formula is C16H8Cl3F3O3S. The topological polar surface area (TPSA) is 54.4 Å². The highest BCUT2D eigenvalue weighted by atomic mass is 35.5. The molecule has 0 unspecified atom stereocenters. The van der Waals surface area contributed by atoms with Crippen LogP contribution in [0, 0.1) is 6.92 Å². The number of carboxylic acids is 1. The normalized spacial score (nSPS) is 12.3. The Balaban J connectivity index is 2.56. The molecule has 2 aromatic rings. The van der Waals surface area contributed by atoms with Gasteiger partial charge in [-0.25, -0.2) is 4.79 Å². The van der Waals surface area contributed by atoms with Crippen molar-refractivity contribution in [2.24, 2.45) is 0 Å². The number of allylic oxidation sites excluding steroid dienone is 2. The van der Waals surface area contributed by atoms with Gasteiger partial charge in [0.15, 0.2) is 5.78 Å². The molecule has 0 aliphatic heterocycles. The van der Waals surface area contributed by atoms with E-state index in [9.17, 15) is 22.8 Å². The molecule has 10 heteroatoms. The van der Waals surface area contributed by atoms with Gasteiger partial charge in [0.05, 0.1) is 25.5 Å². The first-order chi connectivity index (χ1) is 11.9. The number of benzene rings is 1. The summed E-state index contributed by atoms with van der Waals surface area (Å²) in [6.45, 7) is 1.45. The van der Waals surface area contributed by atoms with Gasteiger partial charge in [-0.1, -0.05) is 34.8 Å². The van der Waals surface area contributed by atoms with Crippen molar-refractivity contribution >= 4 is 63.5 Å². The number of alkyl halides is 3. The quantitative estimate of drug-likeness (QED) is 0.331. The molecule has 2 rings (SSSR count). The first-order valence-corrected chi connectivity index (χ1v) is 8.68. The molecule has 1 heterocycles. The molecule has 0 saturated carbocycles. The fourth-order valence-electron chi connectivity index (χ4n) is 2.06. The monoisotopic (exact) mass is 442 g/mol. The molecule has 1 N–H and O–H groups in total. The number of hydrogen-bond donors (Lipinski definition) is 1. The van der Waals surface area contributed by atoms with Crippen LogP contribution in [0.3, 0.4) is 0 Å². The van der Waals surface area contributed by atoms with Crippen molar-refractivity contribution in [3.8, 4) is 0 Å². The summed E-state index contributed by atoms with van der Waals surface area (Å²) in [5.74, 6) is -2.25. The Labute approximate surface area is 164 Å². The highest BCUT2D eigenvalue weighted by Gasteiger charge is 2.36. The summed E-state index contributed by atoms with van der Waals surface area (Å²) >= 11 is 17.9. The zero-order chi connectivity index (χ0) is 19.8. The van der Waals surface area contributed by atoms with Gasteiger partial charge in [-0.3, -0.25) is 4.79 Å². The van der Waals surface area contributed by atoms with Crippen LogP contribution in [0.5, 0.6) is 0 Å². The Kier molecular flexibility index (Phi) is 6.07. The van der Waals surface area contributed by atoms with Crippen molar-refractivity contribution in [2.45, 2.75) is 13.1 Å². The number of carbonyl (C=O) groups excluding carboxylic acids is 1. The predicted molar refractivity (Wildman–Crippen MR) is 95.8 cm³/mol. The fourth-order valence-corrected chi connectivity index (χ4v) is 3.58. The second-order valence-corrected chi connectivity index (χ2v) is 7.35. The van der Waals surface area contributed by atoms with Crippen LogP contribution in [-0.2, 0) is 0 Å². The van der Waals surface area contributed by atoms with Gasteiger partial charge < -0.3 is 5.11 Å². The molecule has 0 atom stereocenters. The number of aromatic carboxylic acids is 1. The number of carbonyl (C=O) groups is 2. The van der Waals surface area contributed by atoms with Crippen LogP contribution in [-0.4, -0.2) is 23.0 Å². The van der Waals surface area contributed by atoms with Crippen LogP contribution in [0.2, 0.25) is 15.1 Å². The minimum absolute atomic E-state index is 0.107. The van der Waals surface area contributed by atoms with E-state index in [1.807, 2.05) is 0 Å². The number of carboxylic acid groups (broad SMARTS) is 1. The van der Waals surface area contributed by atoms with E-state index in [0.29, 0.717) is 17.4 Å². The fraction of sp³-hybridized carbons (Fsp3) is 0.125. The second-order valence-electron chi connectivity index (χ2n) is 5.10. The zero-order valence-corrected chi connectivity index (χ0v) is 15.8. The number of thiophene rings is 1. The van der Waals surface area contributed by atoms with Gasteiger partial charge in [0.25, 0.3) is 0 Å². The van der Waals surface area contributed by atoms with Crippen molar-refractivity contribution < 1.29 is 27.9 Å². The molecule has 0 spiro atoms.